The predicted octanol–water partition coefficient (Wildman–Crippen LogP) is 3.79. The molecule has 0 radical (unpaired) electrons. The average molecular weight is 304 g/mol. The molecule has 0 saturated heterocycles. The van der Waals surface area contributed by atoms with Crippen LogP contribution in [0.3, 0.4) is 0 Å². The van der Waals surface area contributed by atoms with E-state index in [0.717, 1.165) is 25.1 Å². The molecule has 0 amide bonds. The van der Waals surface area contributed by atoms with Crippen molar-refractivity contribution in [3.63, 3.8) is 0 Å². The number of alkyl halides is 3. The van der Waals surface area contributed by atoms with Gasteiger partial charge in [0.15, 0.2) is 0 Å². The van der Waals surface area contributed by atoms with Crippen molar-refractivity contribution in [1.29, 1.82) is 0 Å². The number of nitrogens with zero attached hydrogens (tertiary/aromatic N) is 1. The monoisotopic (exact) mass is 304 g/mol. The first-order valence-electron chi connectivity index (χ1n) is 6.81. The number of anilines is 1. The summed E-state index contributed by atoms with van der Waals surface area (Å²) in [5, 5.41) is 11.6. The number of rotatable bonds is 8. The van der Waals surface area contributed by atoms with Gasteiger partial charge in [-0.25, -0.2) is 4.98 Å². The van der Waals surface area contributed by atoms with Crippen molar-refractivity contribution in [2.45, 2.75) is 38.8 Å². The summed E-state index contributed by atoms with van der Waals surface area (Å²) in [5.74, 6) is -0.148. The molecule has 1 rings (SSSR count). The molecule has 0 saturated carbocycles. The summed E-state index contributed by atoms with van der Waals surface area (Å²) in [7, 11) is 0. The third-order valence-corrected chi connectivity index (χ3v) is 3.29. The van der Waals surface area contributed by atoms with Crippen molar-refractivity contribution in [2.24, 2.45) is 5.92 Å². The molecule has 2 N–H and O–H groups in total. The summed E-state index contributed by atoms with van der Waals surface area (Å²) in [6.45, 7) is 2.54. The Hall–Kier alpha value is -1.79. The van der Waals surface area contributed by atoms with Crippen LogP contribution in [0.4, 0.5) is 19.0 Å². The summed E-state index contributed by atoms with van der Waals surface area (Å²) < 4.78 is 37.1. The zero-order valence-electron chi connectivity index (χ0n) is 11.8. The first kappa shape index (κ1) is 17.3. The molecule has 0 fully saturated rings. The maximum absolute atomic E-state index is 12.4. The van der Waals surface area contributed by atoms with Gasteiger partial charge in [-0.15, -0.1) is 0 Å². The number of hydrogen-bond donors (Lipinski definition) is 2. The smallest absolute Gasteiger partial charge is 0.417 e. The van der Waals surface area contributed by atoms with Gasteiger partial charge in [-0.05, 0) is 30.9 Å². The van der Waals surface area contributed by atoms with Crippen molar-refractivity contribution in [3.8, 4) is 0 Å². The number of halogens is 3. The van der Waals surface area contributed by atoms with Crippen molar-refractivity contribution in [2.75, 3.05) is 11.9 Å². The third-order valence-electron chi connectivity index (χ3n) is 3.29. The summed E-state index contributed by atoms with van der Waals surface area (Å²) >= 11 is 0. The molecule has 4 nitrogen and oxygen atoms in total. The quantitative estimate of drug-likeness (QED) is 0.767. The topological polar surface area (TPSA) is 62.2 Å². The summed E-state index contributed by atoms with van der Waals surface area (Å²) in [6.07, 6.45) is -1.22. The van der Waals surface area contributed by atoms with Crippen molar-refractivity contribution < 1.29 is 23.1 Å². The molecule has 1 aromatic rings. The van der Waals surface area contributed by atoms with Crippen LogP contribution in [0.25, 0.3) is 0 Å². The Bertz CT molecular complexity index is 447. The van der Waals surface area contributed by atoms with Crippen LogP contribution in [0.2, 0.25) is 0 Å². The van der Waals surface area contributed by atoms with Gasteiger partial charge >= 0.3 is 12.1 Å². The predicted molar refractivity (Wildman–Crippen MR) is 73.0 cm³/mol. The van der Waals surface area contributed by atoms with Gasteiger partial charge < -0.3 is 10.4 Å². The molecule has 0 aromatic carbocycles. The van der Waals surface area contributed by atoms with Gasteiger partial charge in [-0.3, -0.25) is 4.79 Å². The lowest BCUT2D eigenvalue weighted by Crippen LogP contribution is -2.11. The van der Waals surface area contributed by atoms with Crippen LogP contribution in [-0.4, -0.2) is 22.6 Å². The van der Waals surface area contributed by atoms with E-state index in [4.69, 9.17) is 5.11 Å². The van der Waals surface area contributed by atoms with Gasteiger partial charge in [0.25, 0.3) is 0 Å². The Labute approximate surface area is 121 Å². The van der Waals surface area contributed by atoms with E-state index in [9.17, 15) is 18.0 Å². The number of carboxylic acids is 1. The second-order valence-electron chi connectivity index (χ2n) is 4.85. The van der Waals surface area contributed by atoms with Gasteiger partial charge in [-0.1, -0.05) is 13.3 Å². The van der Waals surface area contributed by atoms with E-state index in [1.54, 1.807) is 0 Å². The molecule has 1 atom stereocenters. The van der Waals surface area contributed by atoms with Gasteiger partial charge in [0.05, 0.1) is 5.56 Å². The molecule has 0 aliphatic heterocycles. The molecule has 1 unspecified atom stereocenters. The van der Waals surface area contributed by atoms with Crippen LogP contribution in [0.15, 0.2) is 18.3 Å². The van der Waals surface area contributed by atoms with Crippen molar-refractivity contribution in [1.82, 2.24) is 4.98 Å². The minimum absolute atomic E-state index is 0.136. The maximum Gasteiger partial charge on any atom is 0.417 e. The fourth-order valence-corrected chi connectivity index (χ4v) is 1.95. The van der Waals surface area contributed by atoms with Crippen molar-refractivity contribution >= 4 is 11.8 Å². The number of hydrogen-bond acceptors (Lipinski definition) is 3. The molecule has 7 heteroatoms. The fraction of sp³-hybridized carbons (Fsp3) is 0.571. The van der Waals surface area contributed by atoms with Crippen LogP contribution in [-0.2, 0) is 11.0 Å². The second kappa shape index (κ2) is 7.85. The molecule has 0 spiro atoms. The first-order valence-corrected chi connectivity index (χ1v) is 6.81. The molecule has 1 heterocycles. The van der Waals surface area contributed by atoms with Crippen LogP contribution in [0.1, 0.15) is 38.2 Å². The standard InChI is InChI=1S/C14H19F3N2O2/c1-2-10(3-6-13(20)21)7-8-18-12-5-4-11(9-19-12)14(15,16)17/h4-5,9-10H,2-3,6-8H2,1H3,(H,18,19)(H,20,21). The Morgan fingerprint density at radius 3 is 2.57 bits per heavy atom. The highest BCUT2D eigenvalue weighted by Crippen LogP contribution is 2.28. The maximum atomic E-state index is 12.4. The van der Waals surface area contributed by atoms with E-state index in [2.05, 4.69) is 10.3 Å². The Morgan fingerprint density at radius 1 is 1.38 bits per heavy atom. The molecule has 0 aliphatic rings. The molecule has 21 heavy (non-hydrogen) atoms. The zero-order chi connectivity index (χ0) is 15.9. The highest BCUT2D eigenvalue weighted by atomic mass is 19.4. The van der Waals surface area contributed by atoms with Gasteiger partial charge in [0.1, 0.15) is 5.82 Å². The second-order valence-corrected chi connectivity index (χ2v) is 4.85. The highest BCUT2D eigenvalue weighted by Gasteiger charge is 2.30. The number of carboxylic acid groups (broad SMARTS) is 1. The van der Waals surface area contributed by atoms with E-state index < -0.39 is 17.7 Å². The zero-order valence-corrected chi connectivity index (χ0v) is 11.8. The lowest BCUT2D eigenvalue weighted by atomic mass is 9.97. The number of carbonyl (C=O) groups is 1. The van der Waals surface area contributed by atoms with Crippen LogP contribution in [0, 0.1) is 5.92 Å². The van der Waals surface area contributed by atoms with Gasteiger partial charge in [-0.2, -0.15) is 13.2 Å². The lowest BCUT2D eigenvalue weighted by Gasteiger charge is -2.14. The number of aliphatic carboxylic acids is 1. The largest absolute Gasteiger partial charge is 0.481 e. The SMILES string of the molecule is CCC(CCNc1ccc(C(F)(F)F)cn1)CCC(=O)O. The molecule has 118 valence electrons. The van der Waals surface area contributed by atoms with Crippen molar-refractivity contribution in [3.05, 3.63) is 23.9 Å². The van der Waals surface area contributed by atoms with E-state index in [-0.39, 0.29) is 12.3 Å². The molecular weight excluding hydrogens is 285 g/mol. The molecule has 0 bridgehead atoms. The van der Waals surface area contributed by atoms with Gasteiger partial charge in [0, 0.05) is 19.2 Å². The normalized spacial score (nSPS) is 13.0. The number of pyridine rings is 1. The van der Waals surface area contributed by atoms with E-state index >= 15 is 0 Å². The molecule has 0 aliphatic carbocycles. The number of aromatic nitrogens is 1. The Kier molecular flexibility index (Phi) is 6.45. The Morgan fingerprint density at radius 2 is 2.10 bits per heavy atom. The summed E-state index contributed by atoms with van der Waals surface area (Å²) in [5.41, 5.74) is -0.777. The van der Waals surface area contributed by atoms with Crippen LogP contribution >= 0.6 is 0 Å². The third kappa shape index (κ3) is 6.46. The van der Waals surface area contributed by atoms with Crippen LogP contribution in [0.5, 0.6) is 0 Å². The van der Waals surface area contributed by atoms with E-state index in [0.29, 0.717) is 18.8 Å². The average Bonchev–Trinajstić information content (AvgIpc) is 2.42. The summed E-state index contributed by atoms with van der Waals surface area (Å²) in [4.78, 5) is 14.2. The Balaban J connectivity index is 2.39. The lowest BCUT2D eigenvalue weighted by molar-refractivity contribution is -0.138. The van der Waals surface area contributed by atoms with E-state index in [1.807, 2.05) is 6.92 Å². The van der Waals surface area contributed by atoms with Gasteiger partial charge in [0.2, 0.25) is 0 Å². The molecule has 1 aromatic heterocycles. The number of nitrogens with one attached hydrogen (secondary N) is 1. The fourth-order valence-electron chi connectivity index (χ4n) is 1.95. The highest BCUT2D eigenvalue weighted by molar-refractivity contribution is 5.66. The molecular formula is C14H19F3N2O2. The van der Waals surface area contributed by atoms with E-state index in [1.165, 1.54) is 6.07 Å². The summed E-state index contributed by atoms with van der Waals surface area (Å²) in [6, 6.07) is 2.28. The minimum atomic E-state index is -4.38. The van der Waals surface area contributed by atoms with Crippen LogP contribution < -0.4 is 5.32 Å². The first-order chi connectivity index (χ1) is 9.82. The minimum Gasteiger partial charge on any atom is -0.481 e.